The average molecular weight is 446 g/mol. The molecule has 0 radical (unpaired) electrons. The lowest BCUT2D eigenvalue weighted by molar-refractivity contribution is 0.487. The molecular formula is C22H18N6O3S. The summed E-state index contributed by atoms with van der Waals surface area (Å²) in [7, 11) is -4.09. The lowest BCUT2D eigenvalue weighted by Gasteiger charge is -2.26. The number of aromatic nitrogens is 3. The molecule has 4 aromatic rings. The van der Waals surface area contributed by atoms with Crippen molar-refractivity contribution in [2.75, 3.05) is 5.01 Å². The summed E-state index contributed by atoms with van der Waals surface area (Å²) in [4.78, 5) is 0. The minimum absolute atomic E-state index is 0.122. The van der Waals surface area contributed by atoms with E-state index in [1.807, 2.05) is 47.5 Å². The van der Waals surface area contributed by atoms with Gasteiger partial charge < -0.3 is 4.18 Å². The monoisotopic (exact) mass is 446 g/mol. The van der Waals surface area contributed by atoms with Crippen molar-refractivity contribution in [1.29, 1.82) is 5.26 Å². The van der Waals surface area contributed by atoms with Crippen LogP contribution in [0.3, 0.4) is 0 Å². The van der Waals surface area contributed by atoms with Crippen LogP contribution in [0, 0.1) is 11.3 Å². The predicted octanol–water partition coefficient (Wildman–Crippen LogP) is 2.87. The van der Waals surface area contributed by atoms with Gasteiger partial charge in [0.1, 0.15) is 18.4 Å². The highest BCUT2D eigenvalue weighted by Crippen LogP contribution is 2.29. The second-order valence-electron chi connectivity index (χ2n) is 6.83. The first-order valence-electron chi connectivity index (χ1n) is 9.46. The molecule has 0 spiro atoms. The van der Waals surface area contributed by atoms with Crippen LogP contribution in [0.15, 0.2) is 85.5 Å². The molecule has 0 aliphatic heterocycles. The molecule has 2 N–H and O–H groups in total. The first-order chi connectivity index (χ1) is 15.4. The Morgan fingerprint density at radius 1 is 1.00 bits per heavy atom. The minimum Gasteiger partial charge on any atom is -0.371 e. The lowest BCUT2D eigenvalue weighted by Crippen LogP contribution is -2.28. The van der Waals surface area contributed by atoms with Crippen molar-refractivity contribution in [3.8, 4) is 22.9 Å². The molecule has 0 unspecified atom stereocenters. The zero-order valence-corrected chi connectivity index (χ0v) is 17.6. The van der Waals surface area contributed by atoms with E-state index in [1.165, 1.54) is 12.1 Å². The number of nitriles is 1. The third-order valence-electron chi connectivity index (χ3n) is 4.66. The highest BCUT2D eigenvalue weighted by Gasteiger charge is 2.14. The second-order valence-corrected chi connectivity index (χ2v) is 7.98. The predicted molar refractivity (Wildman–Crippen MR) is 118 cm³/mol. The van der Waals surface area contributed by atoms with Gasteiger partial charge in [0.2, 0.25) is 0 Å². The van der Waals surface area contributed by atoms with Gasteiger partial charge in [0.05, 0.1) is 23.9 Å². The van der Waals surface area contributed by atoms with Gasteiger partial charge in [-0.3, -0.25) is 5.01 Å². The van der Waals surface area contributed by atoms with Crippen molar-refractivity contribution < 1.29 is 12.6 Å². The number of benzene rings is 3. The van der Waals surface area contributed by atoms with Crippen molar-refractivity contribution >= 4 is 16.0 Å². The van der Waals surface area contributed by atoms with E-state index >= 15 is 0 Å². The summed E-state index contributed by atoms with van der Waals surface area (Å²) >= 11 is 0. The van der Waals surface area contributed by atoms with E-state index in [0.717, 1.165) is 22.4 Å². The summed E-state index contributed by atoms with van der Waals surface area (Å²) < 4.78 is 28.6. The van der Waals surface area contributed by atoms with Gasteiger partial charge in [-0.15, -0.1) is 10.2 Å². The van der Waals surface area contributed by atoms with Gasteiger partial charge >= 0.3 is 10.3 Å². The van der Waals surface area contributed by atoms with E-state index < -0.39 is 10.3 Å². The number of hydrogen-bond acceptors (Lipinski definition) is 7. The van der Waals surface area contributed by atoms with E-state index in [4.69, 9.17) is 5.14 Å². The van der Waals surface area contributed by atoms with Crippen molar-refractivity contribution in [2.45, 2.75) is 6.54 Å². The fourth-order valence-electron chi connectivity index (χ4n) is 3.23. The van der Waals surface area contributed by atoms with Crippen molar-refractivity contribution in [3.63, 3.8) is 0 Å². The molecule has 10 heteroatoms. The highest BCUT2D eigenvalue weighted by atomic mass is 32.2. The van der Waals surface area contributed by atoms with Crippen LogP contribution in [0.5, 0.6) is 5.75 Å². The smallest absolute Gasteiger partial charge is 0.371 e. The van der Waals surface area contributed by atoms with Crippen molar-refractivity contribution in [2.24, 2.45) is 5.14 Å². The highest BCUT2D eigenvalue weighted by molar-refractivity contribution is 7.84. The molecule has 160 valence electrons. The molecule has 32 heavy (non-hydrogen) atoms. The number of nitrogens with zero attached hydrogens (tertiary/aromatic N) is 5. The van der Waals surface area contributed by atoms with Crippen LogP contribution in [0.4, 0.5) is 5.69 Å². The molecule has 0 atom stereocenters. The first-order valence-corrected chi connectivity index (χ1v) is 10.9. The van der Waals surface area contributed by atoms with Crippen LogP contribution in [-0.2, 0) is 16.8 Å². The topological polar surface area (TPSA) is 127 Å². The maximum atomic E-state index is 11.1. The fourth-order valence-corrected chi connectivity index (χ4v) is 3.61. The third-order valence-corrected chi connectivity index (χ3v) is 5.08. The SMILES string of the molecule is N#Cc1ccc(N(Cc2ccc(OS(N)(=O)=O)cc2)n2cnnc2)cc1-c1ccccc1. The summed E-state index contributed by atoms with van der Waals surface area (Å²) in [6, 6.07) is 24.0. The Labute approximate surface area is 185 Å². The standard InChI is InChI=1S/C22H18N6O3S/c23-13-19-8-9-20(12-22(19)18-4-2-1-3-5-18)28(27-15-25-26-16-27)14-17-6-10-21(11-7-17)31-32(24,29)30/h1-12,15-16H,14H2,(H2,24,29,30). The van der Waals surface area contributed by atoms with Gasteiger partial charge in [0, 0.05) is 5.56 Å². The Bertz CT molecular complexity index is 1350. The summed E-state index contributed by atoms with van der Waals surface area (Å²) in [6.45, 7) is 0.411. The molecule has 1 heterocycles. The lowest BCUT2D eigenvalue weighted by atomic mass is 9.99. The Balaban J connectivity index is 1.70. The molecule has 0 aliphatic carbocycles. The van der Waals surface area contributed by atoms with E-state index in [1.54, 1.807) is 35.5 Å². The van der Waals surface area contributed by atoms with E-state index in [0.29, 0.717) is 12.1 Å². The van der Waals surface area contributed by atoms with Gasteiger partial charge in [-0.2, -0.15) is 18.8 Å². The summed E-state index contributed by atoms with van der Waals surface area (Å²) in [5.74, 6) is 0.122. The maximum Gasteiger partial charge on any atom is 0.380 e. The molecular weight excluding hydrogens is 428 g/mol. The fraction of sp³-hybridized carbons (Fsp3) is 0.0455. The van der Waals surface area contributed by atoms with Crippen LogP contribution in [0.25, 0.3) is 11.1 Å². The second kappa shape index (κ2) is 8.89. The van der Waals surface area contributed by atoms with Crippen LogP contribution >= 0.6 is 0 Å². The summed E-state index contributed by atoms with van der Waals surface area (Å²) in [6.07, 6.45) is 3.14. The molecule has 0 saturated heterocycles. The van der Waals surface area contributed by atoms with Gasteiger partial charge in [-0.25, -0.2) is 4.68 Å². The molecule has 4 rings (SSSR count). The van der Waals surface area contributed by atoms with E-state index in [-0.39, 0.29) is 5.75 Å². The quantitative estimate of drug-likeness (QED) is 0.462. The Kier molecular flexibility index (Phi) is 5.85. The molecule has 0 aliphatic rings. The van der Waals surface area contributed by atoms with Crippen LogP contribution in [0.2, 0.25) is 0 Å². The van der Waals surface area contributed by atoms with Gasteiger partial charge in [-0.1, -0.05) is 42.5 Å². The zero-order valence-electron chi connectivity index (χ0n) is 16.7. The summed E-state index contributed by atoms with van der Waals surface area (Å²) in [5.41, 5.74) is 3.98. The van der Waals surface area contributed by atoms with E-state index in [9.17, 15) is 13.7 Å². The molecule has 0 amide bonds. The van der Waals surface area contributed by atoms with Gasteiger partial charge in [0.15, 0.2) is 0 Å². The average Bonchev–Trinajstić information content (AvgIpc) is 3.32. The Morgan fingerprint density at radius 3 is 2.31 bits per heavy atom. The summed E-state index contributed by atoms with van der Waals surface area (Å²) in [5, 5.41) is 24.2. The minimum atomic E-state index is -4.09. The number of hydrogen-bond donors (Lipinski definition) is 1. The van der Waals surface area contributed by atoms with Crippen LogP contribution in [-0.4, -0.2) is 23.3 Å². The molecule has 3 aromatic carbocycles. The molecule has 1 aromatic heterocycles. The van der Waals surface area contributed by atoms with Crippen molar-refractivity contribution in [1.82, 2.24) is 14.9 Å². The molecule has 0 fully saturated rings. The molecule has 0 saturated carbocycles. The third kappa shape index (κ3) is 4.92. The Morgan fingerprint density at radius 2 is 1.69 bits per heavy atom. The number of anilines is 1. The van der Waals surface area contributed by atoms with Crippen LogP contribution in [0.1, 0.15) is 11.1 Å². The molecule has 9 nitrogen and oxygen atoms in total. The van der Waals surface area contributed by atoms with Gasteiger partial charge in [-0.05, 0) is 41.5 Å². The van der Waals surface area contributed by atoms with Crippen molar-refractivity contribution in [3.05, 3.63) is 96.6 Å². The zero-order chi connectivity index (χ0) is 22.6. The number of nitrogens with two attached hydrogens (primary N) is 1. The van der Waals surface area contributed by atoms with E-state index in [2.05, 4.69) is 20.4 Å². The van der Waals surface area contributed by atoms with Crippen LogP contribution < -0.4 is 14.3 Å². The Hall–Kier alpha value is -4.20. The molecule has 0 bridgehead atoms. The maximum absolute atomic E-state index is 11.1. The normalized spacial score (nSPS) is 11.0. The first kappa shape index (κ1) is 21.0. The number of rotatable bonds is 7. The largest absolute Gasteiger partial charge is 0.380 e. The van der Waals surface area contributed by atoms with Gasteiger partial charge in [0.25, 0.3) is 0 Å².